The van der Waals surface area contributed by atoms with Gasteiger partial charge in [-0.25, -0.2) is 9.59 Å². The van der Waals surface area contributed by atoms with Gasteiger partial charge in [0.1, 0.15) is 11.3 Å². The molecule has 116 valence electrons. The lowest BCUT2D eigenvalue weighted by atomic mass is 10.1. The molecular weight excluding hydrogens is 288 g/mol. The highest BCUT2D eigenvalue weighted by Crippen LogP contribution is 2.28. The van der Waals surface area contributed by atoms with Crippen molar-refractivity contribution in [2.45, 2.75) is 0 Å². The normalized spacial score (nSPS) is 10.2. The van der Waals surface area contributed by atoms with Gasteiger partial charge in [0.2, 0.25) is 0 Å². The van der Waals surface area contributed by atoms with E-state index in [1.54, 1.807) is 38.4 Å². The van der Waals surface area contributed by atoms with E-state index in [1.165, 1.54) is 18.9 Å². The summed E-state index contributed by atoms with van der Waals surface area (Å²) < 4.78 is 16.0. The van der Waals surface area contributed by atoms with Crippen LogP contribution in [0.1, 0.15) is 20.8 Å². The van der Waals surface area contributed by atoms with Gasteiger partial charge in [-0.05, 0) is 24.3 Å². The quantitative estimate of drug-likeness (QED) is 0.799. The molecule has 0 bridgehead atoms. The van der Waals surface area contributed by atoms with Crippen LogP contribution in [-0.2, 0) is 16.5 Å². The van der Waals surface area contributed by atoms with Crippen LogP contribution in [0.4, 0.5) is 0 Å². The van der Waals surface area contributed by atoms with Crippen molar-refractivity contribution in [1.82, 2.24) is 9.78 Å². The average Bonchev–Trinajstić information content (AvgIpc) is 2.90. The van der Waals surface area contributed by atoms with Gasteiger partial charge in [0.05, 0.1) is 27.0 Å². The van der Waals surface area contributed by atoms with E-state index < -0.39 is 11.9 Å². The Labute approximate surface area is 127 Å². The second-order valence-electron chi connectivity index (χ2n) is 4.41. The summed E-state index contributed by atoms with van der Waals surface area (Å²) in [5, 5.41) is 4.08. The first-order valence-corrected chi connectivity index (χ1v) is 6.41. The van der Waals surface area contributed by atoms with E-state index >= 15 is 0 Å². The maximum atomic E-state index is 12.1. The molecular formula is C15H16N2O5. The van der Waals surface area contributed by atoms with Gasteiger partial charge < -0.3 is 14.2 Å². The molecule has 0 amide bonds. The van der Waals surface area contributed by atoms with Crippen LogP contribution >= 0.6 is 0 Å². The summed E-state index contributed by atoms with van der Waals surface area (Å²) in [6.07, 6.45) is 0. The van der Waals surface area contributed by atoms with Crippen molar-refractivity contribution in [3.63, 3.8) is 0 Å². The molecule has 0 saturated carbocycles. The van der Waals surface area contributed by atoms with Crippen LogP contribution in [0.15, 0.2) is 24.3 Å². The molecule has 0 fully saturated rings. The molecule has 0 aliphatic heterocycles. The number of carbonyl (C=O) groups is 2. The highest BCUT2D eigenvalue weighted by atomic mass is 16.5. The predicted octanol–water partition coefficient (Wildman–Crippen LogP) is 1.67. The number of esters is 2. The van der Waals surface area contributed by atoms with E-state index in [2.05, 4.69) is 9.84 Å². The fourth-order valence-corrected chi connectivity index (χ4v) is 2.14. The first-order chi connectivity index (χ1) is 10.5. The second-order valence-corrected chi connectivity index (χ2v) is 4.41. The molecule has 0 atom stereocenters. The Hall–Kier alpha value is -2.83. The summed E-state index contributed by atoms with van der Waals surface area (Å²) in [4.78, 5) is 23.9. The Morgan fingerprint density at radius 1 is 1.00 bits per heavy atom. The molecule has 0 aliphatic carbocycles. The Kier molecular flexibility index (Phi) is 4.45. The number of hydrogen-bond acceptors (Lipinski definition) is 6. The minimum Gasteiger partial charge on any atom is -0.497 e. The third-order valence-electron chi connectivity index (χ3n) is 3.18. The highest BCUT2D eigenvalue weighted by molar-refractivity contribution is 6.06. The molecule has 0 unspecified atom stereocenters. The van der Waals surface area contributed by atoms with Crippen molar-refractivity contribution in [1.29, 1.82) is 0 Å². The summed E-state index contributed by atoms with van der Waals surface area (Å²) in [6.45, 7) is 0. The maximum Gasteiger partial charge on any atom is 0.359 e. The van der Waals surface area contributed by atoms with E-state index in [4.69, 9.17) is 9.47 Å². The summed E-state index contributed by atoms with van der Waals surface area (Å²) in [6, 6.07) is 7.04. The number of hydrogen-bond donors (Lipinski definition) is 0. The minimum absolute atomic E-state index is 0.0713. The summed E-state index contributed by atoms with van der Waals surface area (Å²) in [7, 11) is 5.67. The van der Waals surface area contributed by atoms with Gasteiger partial charge in [0.15, 0.2) is 5.69 Å². The smallest absolute Gasteiger partial charge is 0.359 e. The third-order valence-corrected chi connectivity index (χ3v) is 3.18. The topological polar surface area (TPSA) is 79.6 Å². The predicted molar refractivity (Wildman–Crippen MR) is 77.9 cm³/mol. The number of carbonyl (C=O) groups excluding carboxylic acids is 2. The number of methoxy groups -OCH3 is 3. The zero-order valence-corrected chi connectivity index (χ0v) is 12.7. The van der Waals surface area contributed by atoms with Gasteiger partial charge in [-0.1, -0.05) is 0 Å². The maximum absolute atomic E-state index is 12.1. The van der Waals surface area contributed by atoms with Gasteiger partial charge in [0.25, 0.3) is 0 Å². The molecule has 0 N–H and O–H groups in total. The number of rotatable bonds is 4. The van der Waals surface area contributed by atoms with Crippen molar-refractivity contribution >= 4 is 11.9 Å². The van der Waals surface area contributed by atoms with Crippen LogP contribution in [0.25, 0.3) is 11.3 Å². The van der Waals surface area contributed by atoms with E-state index in [1.807, 2.05) is 0 Å². The van der Waals surface area contributed by atoms with Crippen molar-refractivity contribution < 1.29 is 23.8 Å². The molecule has 7 heteroatoms. The van der Waals surface area contributed by atoms with Crippen LogP contribution in [0.3, 0.4) is 0 Å². The Morgan fingerprint density at radius 2 is 1.59 bits per heavy atom. The van der Waals surface area contributed by atoms with Crippen LogP contribution in [0.5, 0.6) is 5.75 Å². The zero-order valence-electron chi connectivity index (χ0n) is 12.7. The van der Waals surface area contributed by atoms with Gasteiger partial charge in [-0.3, -0.25) is 4.68 Å². The number of ether oxygens (including phenoxy) is 3. The number of benzene rings is 1. The molecule has 7 nitrogen and oxygen atoms in total. The summed E-state index contributed by atoms with van der Waals surface area (Å²) >= 11 is 0. The van der Waals surface area contributed by atoms with Crippen molar-refractivity contribution in [3.05, 3.63) is 35.5 Å². The van der Waals surface area contributed by atoms with E-state index in [9.17, 15) is 9.59 Å². The van der Waals surface area contributed by atoms with Crippen molar-refractivity contribution in [3.8, 4) is 17.0 Å². The Bertz CT molecular complexity index is 703. The van der Waals surface area contributed by atoms with Crippen LogP contribution in [-0.4, -0.2) is 43.0 Å². The molecule has 1 heterocycles. The lowest BCUT2D eigenvalue weighted by Gasteiger charge is -2.07. The van der Waals surface area contributed by atoms with Gasteiger partial charge in [-0.15, -0.1) is 0 Å². The van der Waals surface area contributed by atoms with Crippen molar-refractivity contribution in [2.75, 3.05) is 21.3 Å². The zero-order chi connectivity index (χ0) is 16.3. The molecule has 1 aromatic heterocycles. The van der Waals surface area contributed by atoms with Gasteiger partial charge in [0, 0.05) is 12.6 Å². The molecule has 0 spiro atoms. The summed E-state index contributed by atoms with van der Waals surface area (Å²) in [5.74, 6) is -0.672. The molecule has 2 aromatic rings. The Morgan fingerprint density at radius 3 is 2.09 bits per heavy atom. The average molecular weight is 304 g/mol. The fraction of sp³-hybridized carbons (Fsp3) is 0.267. The van der Waals surface area contributed by atoms with Crippen LogP contribution in [0.2, 0.25) is 0 Å². The first kappa shape index (κ1) is 15.6. The molecule has 0 aliphatic rings. The number of nitrogens with zero attached hydrogens (tertiary/aromatic N) is 2. The lowest BCUT2D eigenvalue weighted by molar-refractivity contribution is 0.0552. The summed E-state index contributed by atoms with van der Waals surface area (Å²) in [5.41, 5.74) is 1.16. The molecule has 1 aromatic carbocycles. The molecule has 2 rings (SSSR count). The largest absolute Gasteiger partial charge is 0.497 e. The highest BCUT2D eigenvalue weighted by Gasteiger charge is 2.29. The molecule has 0 saturated heterocycles. The minimum atomic E-state index is -0.698. The SMILES string of the molecule is COC(=O)c1nn(C)c(-c2ccc(OC)cc2)c1C(=O)OC. The van der Waals surface area contributed by atoms with E-state index in [0.29, 0.717) is 17.0 Å². The van der Waals surface area contributed by atoms with Crippen LogP contribution < -0.4 is 4.74 Å². The number of aryl methyl sites for hydroxylation is 1. The first-order valence-electron chi connectivity index (χ1n) is 6.41. The number of aromatic nitrogens is 2. The van der Waals surface area contributed by atoms with E-state index in [0.717, 1.165) is 0 Å². The monoisotopic (exact) mass is 304 g/mol. The standard InChI is InChI=1S/C15H16N2O5/c1-17-13(9-5-7-10(20-2)8-6-9)11(14(18)21-3)12(16-17)15(19)22-4/h5-8H,1-4H3. The van der Waals surface area contributed by atoms with Gasteiger partial charge >= 0.3 is 11.9 Å². The van der Waals surface area contributed by atoms with Crippen LogP contribution in [0, 0.1) is 0 Å². The fourth-order valence-electron chi connectivity index (χ4n) is 2.14. The van der Waals surface area contributed by atoms with Gasteiger partial charge in [-0.2, -0.15) is 5.10 Å². The second kappa shape index (κ2) is 6.30. The van der Waals surface area contributed by atoms with E-state index in [-0.39, 0.29) is 11.3 Å². The molecule has 22 heavy (non-hydrogen) atoms. The third kappa shape index (κ3) is 2.65. The Balaban J connectivity index is 2.65. The molecule has 0 radical (unpaired) electrons. The lowest BCUT2D eigenvalue weighted by Crippen LogP contribution is -2.11. The van der Waals surface area contributed by atoms with Crippen molar-refractivity contribution in [2.24, 2.45) is 7.05 Å².